The van der Waals surface area contributed by atoms with Crippen molar-refractivity contribution < 1.29 is 0 Å². The third-order valence-electron chi connectivity index (χ3n) is 15.2. The molecule has 238 valence electrons. The van der Waals surface area contributed by atoms with Gasteiger partial charge in [0.05, 0.1) is 5.66 Å². The van der Waals surface area contributed by atoms with Gasteiger partial charge in [-0.05, 0) is 131 Å². The maximum absolute atomic E-state index is 7.11. The molecule has 0 radical (unpaired) electrons. The van der Waals surface area contributed by atoms with Crippen LogP contribution in [0.25, 0.3) is 0 Å². The smallest absolute Gasteiger partial charge is 0.0855 e. The van der Waals surface area contributed by atoms with Crippen LogP contribution in [0.15, 0.2) is 0 Å². The van der Waals surface area contributed by atoms with Crippen molar-refractivity contribution in [3.63, 3.8) is 0 Å². The second-order valence-corrected chi connectivity index (χ2v) is 18.7. The van der Waals surface area contributed by atoms with E-state index in [-0.39, 0.29) is 5.66 Å². The first-order valence-corrected chi connectivity index (χ1v) is 20.6. The average molecular weight is 596 g/mol. The van der Waals surface area contributed by atoms with Crippen molar-refractivity contribution in [1.29, 1.82) is 0 Å². The van der Waals surface area contributed by atoms with Gasteiger partial charge in [0.2, 0.25) is 0 Å². The van der Waals surface area contributed by atoms with Gasteiger partial charge in [0.25, 0.3) is 0 Å². The fraction of sp³-hybridized carbons (Fsp3) is 1.00. The SMILES string of the molecule is N[C@@]1(C2CCC(NC3CC(C4CCCCC4)CCC3C3CCCC4C5CCCCC5SC34)CC2)NC1C1CCCCC1. The first kappa shape index (κ1) is 29.6. The summed E-state index contributed by atoms with van der Waals surface area (Å²) in [7, 11) is 0. The summed E-state index contributed by atoms with van der Waals surface area (Å²) in [5.74, 6) is 7.70. The van der Waals surface area contributed by atoms with Gasteiger partial charge in [-0.25, -0.2) is 0 Å². The second kappa shape index (κ2) is 12.8. The van der Waals surface area contributed by atoms with Crippen LogP contribution in [0, 0.1) is 47.3 Å². The highest BCUT2D eigenvalue weighted by Gasteiger charge is 2.59. The van der Waals surface area contributed by atoms with Crippen LogP contribution < -0.4 is 16.4 Å². The minimum atomic E-state index is -0.0278. The fourth-order valence-corrected chi connectivity index (χ4v) is 15.2. The molecule has 2 heterocycles. The molecule has 4 heteroatoms. The number of fused-ring (bicyclic) bond motifs is 3. The van der Waals surface area contributed by atoms with Crippen LogP contribution in [0.3, 0.4) is 0 Å². The van der Waals surface area contributed by atoms with Crippen LogP contribution >= 0.6 is 11.8 Å². The lowest BCUT2D eigenvalue weighted by atomic mass is 9.61. The first-order valence-electron chi connectivity index (χ1n) is 19.7. The van der Waals surface area contributed by atoms with E-state index in [0.29, 0.717) is 12.0 Å². The zero-order chi connectivity index (χ0) is 28.1. The number of nitrogens with two attached hydrogens (primary N) is 1. The van der Waals surface area contributed by atoms with Gasteiger partial charge in [-0.3, -0.25) is 5.32 Å². The maximum Gasteiger partial charge on any atom is 0.0855 e. The Hall–Kier alpha value is 0.230. The summed E-state index contributed by atoms with van der Waals surface area (Å²) in [6.45, 7) is 0. The Kier molecular flexibility index (Phi) is 9.02. The Morgan fingerprint density at radius 2 is 1.19 bits per heavy atom. The third-order valence-corrected chi connectivity index (χ3v) is 17.1. The minimum absolute atomic E-state index is 0.0278. The van der Waals surface area contributed by atoms with Crippen molar-refractivity contribution in [2.24, 2.45) is 53.1 Å². The largest absolute Gasteiger partial charge is 0.312 e. The van der Waals surface area contributed by atoms with Gasteiger partial charge in [-0.2, -0.15) is 11.8 Å². The molecule has 0 bridgehead atoms. The maximum atomic E-state index is 7.11. The summed E-state index contributed by atoms with van der Waals surface area (Å²) in [5, 5.41) is 10.4. The van der Waals surface area contributed by atoms with Crippen LogP contribution in [-0.2, 0) is 0 Å². The van der Waals surface area contributed by atoms with E-state index in [4.69, 9.17) is 5.73 Å². The van der Waals surface area contributed by atoms with Gasteiger partial charge in [0.15, 0.2) is 0 Å². The second-order valence-electron chi connectivity index (χ2n) is 17.3. The highest BCUT2D eigenvalue weighted by atomic mass is 32.2. The number of hydrogen-bond donors (Lipinski definition) is 3. The van der Waals surface area contributed by atoms with E-state index in [9.17, 15) is 0 Å². The number of rotatable bonds is 6. The summed E-state index contributed by atoms with van der Waals surface area (Å²) in [4.78, 5) is 0. The van der Waals surface area contributed by atoms with E-state index in [1.54, 1.807) is 25.7 Å². The Labute approximate surface area is 263 Å². The molecule has 6 aliphatic carbocycles. The summed E-state index contributed by atoms with van der Waals surface area (Å²) >= 11 is 2.53. The van der Waals surface area contributed by atoms with Gasteiger partial charge in [-0.15, -0.1) is 0 Å². The van der Waals surface area contributed by atoms with Crippen LogP contribution in [0.4, 0.5) is 0 Å². The van der Waals surface area contributed by atoms with Crippen molar-refractivity contribution in [3.05, 3.63) is 0 Å². The van der Waals surface area contributed by atoms with Crippen LogP contribution in [-0.4, -0.2) is 34.3 Å². The van der Waals surface area contributed by atoms with Gasteiger partial charge in [0.1, 0.15) is 0 Å². The molecule has 2 saturated heterocycles. The molecule has 0 spiro atoms. The molecule has 0 aromatic rings. The minimum Gasteiger partial charge on any atom is -0.312 e. The Balaban J connectivity index is 0.933. The molecule has 0 aromatic heterocycles. The lowest BCUT2D eigenvalue weighted by Gasteiger charge is -2.49. The lowest BCUT2D eigenvalue weighted by Crippen LogP contribution is -2.53. The van der Waals surface area contributed by atoms with Crippen molar-refractivity contribution in [3.8, 4) is 0 Å². The number of hydrogen-bond acceptors (Lipinski definition) is 4. The molecule has 42 heavy (non-hydrogen) atoms. The summed E-state index contributed by atoms with van der Waals surface area (Å²) < 4.78 is 0. The summed E-state index contributed by atoms with van der Waals surface area (Å²) in [5.41, 5.74) is 7.08. The molecular formula is C38H65N3S. The summed E-state index contributed by atoms with van der Waals surface area (Å²) in [6.07, 6.45) is 35.5. The highest BCUT2D eigenvalue weighted by molar-refractivity contribution is 8.00. The molecule has 9 unspecified atom stereocenters. The molecule has 6 saturated carbocycles. The van der Waals surface area contributed by atoms with Gasteiger partial charge >= 0.3 is 0 Å². The molecule has 8 rings (SSSR count). The van der Waals surface area contributed by atoms with Crippen molar-refractivity contribution >= 4 is 11.8 Å². The van der Waals surface area contributed by atoms with E-state index >= 15 is 0 Å². The molecule has 8 fully saturated rings. The zero-order valence-corrected chi connectivity index (χ0v) is 27.8. The van der Waals surface area contributed by atoms with Crippen LogP contribution in [0.2, 0.25) is 0 Å². The van der Waals surface area contributed by atoms with Crippen LogP contribution in [0.5, 0.6) is 0 Å². The van der Waals surface area contributed by atoms with E-state index in [1.165, 1.54) is 128 Å². The number of nitrogens with one attached hydrogen (secondary N) is 2. The van der Waals surface area contributed by atoms with Crippen molar-refractivity contribution in [2.75, 3.05) is 0 Å². The van der Waals surface area contributed by atoms with Crippen molar-refractivity contribution in [1.82, 2.24) is 10.6 Å². The average Bonchev–Trinajstić information content (AvgIpc) is 3.61. The van der Waals surface area contributed by atoms with Gasteiger partial charge in [0, 0.05) is 28.6 Å². The molecule has 0 aromatic carbocycles. The Morgan fingerprint density at radius 1 is 0.548 bits per heavy atom. The van der Waals surface area contributed by atoms with Crippen LogP contribution in [0.1, 0.15) is 154 Å². The van der Waals surface area contributed by atoms with E-state index < -0.39 is 0 Å². The monoisotopic (exact) mass is 595 g/mol. The molecule has 10 atom stereocenters. The fourth-order valence-electron chi connectivity index (χ4n) is 12.9. The lowest BCUT2D eigenvalue weighted by molar-refractivity contribution is 0.0626. The quantitative estimate of drug-likeness (QED) is 0.269. The highest BCUT2D eigenvalue weighted by Crippen LogP contribution is 2.59. The molecule has 8 aliphatic rings. The van der Waals surface area contributed by atoms with Gasteiger partial charge in [-0.1, -0.05) is 70.6 Å². The van der Waals surface area contributed by atoms with E-state index in [0.717, 1.165) is 64.0 Å². The molecule has 3 nitrogen and oxygen atoms in total. The summed E-state index contributed by atoms with van der Waals surface area (Å²) in [6, 6.07) is 2.16. The van der Waals surface area contributed by atoms with Gasteiger partial charge < -0.3 is 11.1 Å². The predicted molar refractivity (Wildman–Crippen MR) is 178 cm³/mol. The van der Waals surface area contributed by atoms with Crippen molar-refractivity contribution in [2.45, 2.75) is 188 Å². The topological polar surface area (TPSA) is 60.0 Å². The Morgan fingerprint density at radius 3 is 1.95 bits per heavy atom. The molecule has 2 aliphatic heterocycles. The molecule has 4 N–H and O–H groups in total. The molecular weight excluding hydrogens is 531 g/mol. The zero-order valence-electron chi connectivity index (χ0n) is 27.0. The predicted octanol–water partition coefficient (Wildman–Crippen LogP) is 8.80. The number of thioether (sulfide) groups is 1. The standard InChI is InChI=1S/C38H65N3S/c39-38(37(41-38)26-12-5-2-6-13-26)28-19-21-29(22-20-28)40-34-24-27(25-10-3-1-4-11-25)18-23-30(34)32-15-9-16-33-31-14-7-8-17-35(31)42-36(32)33/h25-37,40-41H,1-24,39H2/t27?,28?,29?,30?,31?,32?,33?,34?,35?,36?,37?,38-/m0/s1. The molecule has 0 amide bonds. The third kappa shape index (κ3) is 5.81. The normalized spacial score (nSPS) is 50.6. The van der Waals surface area contributed by atoms with E-state index in [2.05, 4.69) is 22.4 Å². The first-order chi connectivity index (χ1) is 20.7. The van der Waals surface area contributed by atoms with E-state index in [1.807, 2.05) is 0 Å². The Bertz CT molecular complexity index is 891.